The first-order valence-electron chi connectivity index (χ1n) is 4.28. The molecule has 1 heterocycles. The normalized spacial score (nSPS) is 11.9. The van der Waals surface area contributed by atoms with Gasteiger partial charge in [0, 0.05) is 6.07 Å². The number of H-pyrrole nitrogens is 1. The third-order valence-corrected chi connectivity index (χ3v) is 1.70. The van der Waals surface area contributed by atoms with E-state index in [2.05, 4.69) is 9.84 Å². The molecule has 1 rings (SSSR count). The van der Waals surface area contributed by atoms with Crippen LogP contribution in [0.3, 0.4) is 0 Å². The van der Waals surface area contributed by atoms with Gasteiger partial charge in [0.05, 0.1) is 6.61 Å². The molecule has 0 aliphatic rings. The third-order valence-electron chi connectivity index (χ3n) is 1.70. The molecule has 0 saturated carbocycles. The Labute approximate surface area is 87.6 Å². The Morgan fingerprint density at radius 3 is 2.75 bits per heavy atom. The van der Waals surface area contributed by atoms with E-state index in [0.717, 1.165) is 0 Å². The van der Waals surface area contributed by atoms with Crippen molar-refractivity contribution in [3.8, 4) is 0 Å². The van der Waals surface area contributed by atoms with Crippen molar-refractivity contribution in [1.29, 1.82) is 0 Å². The van der Waals surface area contributed by atoms with Crippen molar-refractivity contribution in [2.75, 3.05) is 6.61 Å². The quantitative estimate of drug-likeness (QED) is 0.646. The summed E-state index contributed by atoms with van der Waals surface area (Å²) in [6, 6.07) is 0.546. The fourth-order valence-corrected chi connectivity index (χ4v) is 0.920. The molecule has 0 atom stereocenters. The van der Waals surface area contributed by atoms with Gasteiger partial charge in [-0.15, -0.1) is 0 Å². The Kier molecular flexibility index (Phi) is 3.51. The van der Waals surface area contributed by atoms with E-state index in [9.17, 15) is 22.4 Å². The van der Waals surface area contributed by atoms with Gasteiger partial charge in [-0.25, -0.2) is 13.6 Å². The zero-order chi connectivity index (χ0) is 12.3. The minimum atomic E-state index is -4.36. The third kappa shape index (κ3) is 2.31. The summed E-state index contributed by atoms with van der Waals surface area (Å²) in [6.07, 6.45) is -3.87. The number of esters is 1. The number of rotatable bonds is 4. The van der Waals surface area contributed by atoms with Crippen LogP contribution in [0.1, 0.15) is 23.1 Å². The molecule has 1 aromatic heterocycles. The molecule has 0 aliphatic carbocycles. The van der Waals surface area contributed by atoms with Gasteiger partial charge in [-0.3, -0.25) is 5.10 Å². The van der Waals surface area contributed by atoms with Crippen molar-refractivity contribution < 1.29 is 27.1 Å². The first-order chi connectivity index (χ1) is 7.39. The van der Waals surface area contributed by atoms with Crippen molar-refractivity contribution in [2.45, 2.75) is 19.3 Å². The number of aromatic nitrogens is 2. The monoisotopic (exact) mass is 240 g/mol. The van der Waals surface area contributed by atoms with Crippen LogP contribution in [0.5, 0.6) is 0 Å². The predicted octanol–water partition coefficient (Wildman–Crippen LogP) is 1.94. The summed E-state index contributed by atoms with van der Waals surface area (Å²) >= 11 is 0. The fraction of sp³-hybridized carbons (Fsp3) is 0.500. The molecule has 16 heavy (non-hydrogen) atoms. The fourth-order valence-electron chi connectivity index (χ4n) is 0.920. The summed E-state index contributed by atoms with van der Waals surface area (Å²) in [5.41, 5.74) is -1.58. The van der Waals surface area contributed by atoms with Gasteiger partial charge in [-0.1, -0.05) is 0 Å². The van der Waals surface area contributed by atoms with E-state index < -0.39 is 29.7 Å². The van der Waals surface area contributed by atoms with Gasteiger partial charge in [0.2, 0.25) is 0 Å². The first kappa shape index (κ1) is 12.5. The second-order valence-corrected chi connectivity index (χ2v) is 2.81. The molecule has 4 nitrogen and oxygen atoms in total. The van der Waals surface area contributed by atoms with Gasteiger partial charge in [0.15, 0.2) is 5.69 Å². The molecule has 1 aromatic rings. The van der Waals surface area contributed by atoms with Crippen molar-refractivity contribution in [1.82, 2.24) is 10.2 Å². The molecule has 0 aliphatic heterocycles. The average molecular weight is 240 g/mol. The molecule has 0 spiro atoms. The zero-order valence-electron chi connectivity index (χ0n) is 8.14. The standard InChI is InChI=1S/C8H8F4N2O2/c1-2-16-6(15)4-3-5(14-13-4)8(11,12)7(9)10/h3,7H,2H2,1H3,(H,13,14). The van der Waals surface area contributed by atoms with Gasteiger partial charge in [0.25, 0.3) is 0 Å². The number of hydrogen-bond acceptors (Lipinski definition) is 3. The lowest BCUT2D eigenvalue weighted by Gasteiger charge is -2.11. The van der Waals surface area contributed by atoms with Crippen LogP contribution in [0.25, 0.3) is 0 Å². The van der Waals surface area contributed by atoms with E-state index >= 15 is 0 Å². The van der Waals surface area contributed by atoms with Crippen LogP contribution in [0.4, 0.5) is 17.6 Å². The van der Waals surface area contributed by atoms with E-state index in [1.807, 2.05) is 0 Å². The summed E-state index contributed by atoms with van der Waals surface area (Å²) in [7, 11) is 0. The molecule has 0 bridgehead atoms. The van der Waals surface area contributed by atoms with E-state index in [0.29, 0.717) is 6.07 Å². The smallest absolute Gasteiger partial charge is 0.358 e. The average Bonchev–Trinajstić information content (AvgIpc) is 2.67. The van der Waals surface area contributed by atoms with Crippen molar-refractivity contribution in [3.63, 3.8) is 0 Å². The van der Waals surface area contributed by atoms with E-state index in [-0.39, 0.29) is 6.61 Å². The Morgan fingerprint density at radius 2 is 2.25 bits per heavy atom. The van der Waals surface area contributed by atoms with Gasteiger partial charge in [-0.2, -0.15) is 13.9 Å². The van der Waals surface area contributed by atoms with Crippen LogP contribution in [-0.2, 0) is 10.7 Å². The Morgan fingerprint density at radius 1 is 1.62 bits per heavy atom. The first-order valence-corrected chi connectivity index (χ1v) is 4.28. The molecule has 1 N–H and O–H groups in total. The summed E-state index contributed by atoms with van der Waals surface area (Å²) in [5, 5.41) is 4.86. The van der Waals surface area contributed by atoms with Gasteiger partial charge in [-0.05, 0) is 6.92 Å². The Balaban J connectivity index is 2.91. The minimum Gasteiger partial charge on any atom is -0.461 e. The minimum absolute atomic E-state index is 0.0340. The molecule has 0 fully saturated rings. The number of hydrogen-bond donors (Lipinski definition) is 1. The molecule has 90 valence electrons. The molecule has 0 saturated heterocycles. The highest BCUT2D eigenvalue weighted by atomic mass is 19.3. The summed E-state index contributed by atoms with van der Waals surface area (Å²) < 4.78 is 53.9. The second kappa shape index (κ2) is 4.50. The van der Waals surface area contributed by atoms with E-state index in [4.69, 9.17) is 0 Å². The highest BCUT2D eigenvalue weighted by Gasteiger charge is 2.44. The lowest BCUT2D eigenvalue weighted by atomic mass is 10.2. The number of ether oxygens (including phenoxy) is 1. The molecule has 0 unspecified atom stereocenters. The SMILES string of the molecule is CCOC(=O)c1cc(C(F)(F)C(F)F)[nH]n1. The highest BCUT2D eigenvalue weighted by molar-refractivity contribution is 5.87. The number of carbonyl (C=O) groups excluding carboxylic acids is 1. The van der Waals surface area contributed by atoms with Crippen LogP contribution < -0.4 is 0 Å². The number of halogens is 4. The van der Waals surface area contributed by atoms with Crippen LogP contribution in [0, 0.1) is 0 Å². The van der Waals surface area contributed by atoms with Crippen molar-refractivity contribution in [3.05, 3.63) is 17.5 Å². The number of nitrogens with one attached hydrogen (secondary N) is 1. The van der Waals surface area contributed by atoms with Crippen LogP contribution in [0.2, 0.25) is 0 Å². The van der Waals surface area contributed by atoms with Gasteiger partial charge in [0.1, 0.15) is 5.69 Å². The molecule has 0 radical (unpaired) electrons. The van der Waals surface area contributed by atoms with Gasteiger partial charge >= 0.3 is 18.3 Å². The number of alkyl halides is 4. The molecule has 8 heteroatoms. The maximum Gasteiger partial charge on any atom is 0.358 e. The zero-order valence-corrected chi connectivity index (χ0v) is 8.14. The Hall–Kier alpha value is -1.60. The second-order valence-electron chi connectivity index (χ2n) is 2.81. The van der Waals surface area contributed by atoms with Crippen molar-refractivity contribution in [2.24, 2.45) is 0 Å². The van der Waals surface area contributed by atoms with Crippen LogP contribution in [0.15, 0.2) is 6.07 Å². The highest BCUT2D eigenvalue weighted by Crippen LogP contribution is 2.33. The van der Waals surface area contributed by atoms with Gasteiger partial charge < -0.3 is 4.74 Å². The molecule has 0 amide bonds. The predicted molar refractivity (Wildman–Crippen MR) is 44.4 cm³/mol. The topological polar surface area (TPSA) is 55.0 Å². The maximum absolute atomic E-state index is 12.8. The van der Waals surface area contributed by atoms with E-state index in [1.54, 1.807) is 5.10 Å². The Bertz CT molecular complexity index is 378. The largest absolute Gasteiger partial charge is 0.461 e. The van der Waals surface area contributed by atoms with Crippen LogP contribution >= 0.6 is 0 Å². The summed E-state index contributed by atoms with van der Waals surface area (Å²) in [6.45, 7) is 1.55. The summed E-state index contributed by atoms with van der Waals surface area (Å²) in [4.78, 5) is 11.0. The molecule has 0 aromatic carbocycles. The lowest BCUT2D eigenvalue weighted by Crippen LogP contribution is -2.23. The number of aromatic amines is 1. The lowest BCUT2D eigenvalue weighted by molar-refractivity contribution is -0.138. The number of carbonyl (C=O) groups is 1. The molecular formula is C8H8F4N2O2. The number of nitrogens with zero attached hydrogens (tertiary/aromatic N) is 1. The summed E-state index contributed by atoms with van der Waals surface area (Å²) in [5.74, 6) is -5.31. The van der Waals surface area contributed by atoms with E-state index in [1.165, 1.54) is 6.92 Å². The van der Waals surface area contributed by atoms with Crippen molar-refractivity contribution >= 4 is 5.97 Å². The maximum atomic E-state index is 12.8. The van der Waals surface area contributed by atoms with Crippen LogP contribution in [-0.4, -0.2) is 29.2 Å². The molecular weight excluding hydrogens is 232 g/mol.